The van der Waals surface area contributed by atoms with E-state index in [1.165, 1.54) is 5.56 Å². The van der Waals surface area contributed by atoms with Crippen LogP contribution in [0.3, 0.4) is 0 Å². The number of nitrogens with zero attached hydrogens (tertiary/aromatic N) is 2. The van der Waals surface area contributed by atoms with Crippen LogP contribution in [0.4, 0.5) is 0 Å². The van der Waals surface area contributed by atoms with Crippen LogP contribution < -0.4 is 5.32 Å². The van der Waals surface area contributed by atoms with E-state index >= 15 is 0 Å². The van der Waals surface area contributed by atoms with Crippen LogP contribution in [0.1, 0.15) is 27.4 Å². The number of rotatable bonds is 4. The van der Waals surface area contributed by atoms with Gasteiger partial charge in [0.05, 0.1) is 6.54 Å². The number of carbonyl (C=O) groups excluding carboxylic acids is 1. The second-order valence-electron chi connectivity index (χ2n) is 6.46. The van der Waals surface area contributed by atoms with Crippen molar-refractivity contribution in [3.8, 4) is 5.69 Å². The smallest absolute Gasteiger partial charge is 0.268 e. The topological polar surface area (TPSA) is 62.7 Å². The summed E-state index contributed by atoms with van der Waals surface area (Å²) in [4.78, 5) is 20.2. The van der Waals surface area contributed by atoms with E-state index in [0.29, 0.717) is 12.2 Å². The van der Waals surface area contributed by atoms with Crippen molar-refractivity contribution >= 4 is 16.8 Å². The highest BCUT2D eigenvalue weighted by molar-refractivity contribution is 5.98. The van der Waals surface area contributed by atoms with Gasteiger partial charge in [0.25, 0.3) is 5.91 Å². The van der Waals surface area contributed by atoms with Crippen molar-refractivity contribution in [3.63, 3.8) is 0 Å². The van der Waals surface area contributed by atoms with E-state index in [1.807, 2.05) is 47.2 Å². The van der Waals surface area contributed by atoms with Crippen molar-refractivity contribution < 1.29 is 4.79 Å². The zero-order valence-corrected chi connectivity index (χ0v) is 14.8. The quantitative estimate of drug-likeness (QED) is 0.590. The van der Waals surface area contributed by atoms with Gasteiger partial charge in [0.2, 0.25) is 0 Å². The number of nitrogens with one attached hydrogen (secondary N) is 2. The molecule has 26 heavy (non-hydrogen) atoms. The number of carbonyl (C=O) groups is 1. The lowest BCUT2D eigenvalue weighted by molar-refractivity contribution is 0.0945. The number of hydrogen-bond donors (Lipinski definition) is 2. The Bertz CT molecular complexity index is 1080. The third-order valence-corrected chi connectivity index (χ3v) is 4.49. The molecule has 4 aromatic rings. The summed E-state index contributed by atoms with van der Waals surface area (Å²) < 4.78 is 1.97. The van der Waals surface area contributed by atoms with Gasteiger partial charge in [-0.25, -0.2) is 4.98 Å². The highest BCUT2D eigenvalue weighted by Crippen LogP contribution is 2.21. The minimum atomic E-state index is -0.138. The Morgan fingerprint density at radius 2 is 1.96 bits per heavy atom. The molecule has 0 saturated heterocycles. The Labute approximate surface area is 151 Å². The molecule has 0 saturated carbocycles. The molecular weight excluding hydrogens is 324 g/mol. The van der Waals surface area contributed by atoms with Crippen molar-refractivity contribution in [3.05, 3.63) is 83.6 Å². The summed E-state index contributed by atoms with van der Waals surface area (Å²) >= 11 is 0. The molecule has 4 rings (SSSR count). The Hall–Kier alpha value is -3.34. The average Bonchev–Trinajstić information content (AvgIpc) is 3.27. The first-order valence-corrected chi connectivity index (χ1v) is 8.57. The summed E-state index contributed by atoms with van der Waals surface area (Å²) in [5.74, 6) is 0.647. The second-order valence-corrected chi connectivity index (χ2v) is 6.46. The first-order valence-electron chi connectivity index (χ1n) is 8.57. The molecule has 0 aliphatic rings. The number of amides is 1. The van der Waals surface area contributed by atoms with E-state index < -0.39 is 0 Å². The van der Waals surface area contributed by atoms with Gasteiger partial charge in [-0.3, -0.25) is 4.79 Å². The molecule has 5 heteroatoms. The van der Waals surface area contributed by atoms with Crippen LogP contribution in [-0.4, -0.2) is 20.4 Å². The molecule has 0 atom stereocenters. The zero-order chi connectivity index (χ0) is 18.1. The van der Waals surface area contributed by atoms with Crippen LogP contribution in [-0.2, 0) is 6.54 Å². The summed E-state index contributed by atoms with van der Waals surface area (Å²) in [6.45, 7) is 4.46. The van der Waals surface area contributed by atoms with E-state index in [0.717, 1.165) is 28.0 Å². The van der Waals surface area contributed by atoms with Gasteiger partial charge < -0.3 is 14.9 Å². The third-order valence-electron chi connectivity index (χ3n) is 4.49. The molecule has 2 N–H and O–H groups in total. The molecule has 2 heterocycles. The Kier molecular flexibility index (Phi) is 4.05. The summed E-state index contributed by atoms with van der Waals surface area (Å²) in [5.41, 5.74) is 4.90. The molecule has 0 unspecified atom stereocenters. The van der Waals surface area contributed by atoms with E-state index in [1.54, 1.807) is 6.20 Å². The number of imidazole rings is 1. The van der Waals surface area contributed by atoms with Crippen LogP contribution in [0, 0.1) is 13.8 Å². The highest BCUT2D eigenvalue weighted by atomic mass is 16.1. The fourth-order valence-corrected chi connectivity index (χ4v) is 3.26. The summed E-state index contributed by atoms with van der Waals surface area (Å²) in [6, 6.07) is 16.0. The summed E-state index contributed by atoms with van der Waals surface area (Å²) in [5, 5.41) is 4.03. The van der Waals surface area contributed by atoms with Crippen LogP contribution in [0.15, 0.2) is 60.9 Å². The van der Waals surface area contributed by atoms with Crippen molar-refractivity contribution in [1.82, 2.24) is 19.9 Å². The molecule has 2 aromatic carbocycles. The van der Waals surface area contributed by atoms with E-state index in [9.17, 15) is 4.79 Å². The number of para-hydroxylation sites is 1. The first kappa shape index (κ1) is 16.1. The number of benzene rings is 2. The van der Waals surface area contributed by atoms with Crippen LogP contribution in [0.25, 0.3) is 16.6 Å². The molecule has 130 valence electrons. The maximum atomic E-state index is 12.6. The molecule has 1 amide bonds. The van der Waals surface area contributed by atoms with E-state index in [-0.39, 0.29) is 5.91 Å². The minimum absolute atomic E-state index is 0.138. The molecule has 0 fully saturated rings. The zero-order valence-electron chi connectivity index (χ0n) is 14.8. The largest absolute Gasteiger partial charge is 0.351 e. The number of aryl methyl sites for hydroxylation is 2. The van der Waals surface area contributed by atoms with Crippen LogP contribution in [0.2, 0.25) is 0 Å². The van der Waals surface area contributed by atoms with Gasteiger partial charge in [-0.2, -0.15) is 0 Å². The van der Waals surface area contributed by atoms with Crippen molar-refractivity contribution in [2.24, 2.45) is 0 Å². The number of aromatic nitrogens is 3. The van der Waals surface area contributed by atoms with Crippen LogP contribution >= 0.6 is 0 Å². The van der Waals surface area contributed by atoms with Gasteiger partial charge in [-0.05, 0) is 49.2 Å². The van der Waals surface area contributed by atoms with E-state index in [2.05, 4.69) is 41.3 Å². The monoisotopic (exact) mass is 344 g/mol. The first-order chi connectivity index (χ1) is 12.6. The third kappa shape index (κ3) is 2.99. The SMILES string of the molecule is Cc1cc(C)c2cc(C(=O)NCc3nccn3-c3ccccc3)[nH]c2c1. The standard InChI is InChI=1S/C21H20N4O/c1-14-10-15(2)17-12-19(24-18(17)11-14)21(26)23-13-20-22-8-9-25(20)16-6-4-3-5-7-16/h3-12,24H,13H2,1-2H3,(H,23,26). The molecule has 0 spiro atoms. The fraction of sp³-hybridized carbons (Fsp3) is 0.143. The Balaban J connectivity index is 1.54. The lowest BCUT2D eigenvalue weighted by Crippen LogP contribution is -2.24. The van der Waals surface area contributed by atoms with Crippen molar-refractivity contribution in [2.75, 3.05) is 0 Å². The molecule has 0 aliphatic heterocycles. The van der Waals surface area contributed by atoms with Crippen molar-refractivity contribution in [2.45, 2.75) is 20.4 Å². The number of H-pyrrole nitrogens is 1. The van der Waals surface area contributed by atoms with Crippen LogP contribution in [0.5, 0.6) is 0 Å². The molecule has 0 aliphatic carbocycles. The van der Waals surface area contributed by atoms with Gasteiger partial charge in [-0.15, -0.1) is 0 Å². The maximum Gasteiger partial charge on any atom is 0.268 e. The lowest BCUT2D eigenvalue weighted by atomic mass is 10.1. The fourth-order valence-electron chi connectivity index (χ4n) is 3.26. The van der Waals surface area contributed by atoms with Crippen molar-refractivity contribution in [1.29, 1.82) is 0 Å². The Morgan fingerprint density at radius 3 is 2.77 bits per heavy atom. The molecule has 0 bridgehead atoms. The van der Waals surface area contributed by atoms with Gasteiger partial charge in [0.15, 0.2) is 0 Å². The average molecular weight is 344 g/mol. The lowest BCUT2D eigenvalue weighted by Gasteiger charge is -2.08. The number of aromatic amines is 1. The van der Waals surface area contributed by atoms with Gasteiger partial charge >= 0.3 is 0 Å². The summed E-state index contributed by atoms with van der Waals surface area (Å²) in [7, 11) is 0. The molecule has 0 radical (unpaired) electrons. The highest BCUT2D eigenvalue weighted by Gasteiger charge is 2.12. The van der Waals surface area contributed by atoms with Gasteiger partial charge in [0, 0.05) is 29.0 Å². The Morgan fingerprint density at radius 1 is 1.15 bits per heavy atom. The normalized spacial score (nSPS) is 11.0. The summed E-state index contributed by atoms with van der Waals surface area (Å²) in [6.07, 6.45) is 3.63. The van der Waals surface area contributed by atoms with Gasteiger partial charge in [0.1, 0.15) is 11.5 Å². The van der Waals surface area contributed by atoms with Gasteiger partial charge in [-0.1, -0.05) is 24.3 Å². The number of hydrogen-bond acceptors (Lipinski definition) is 2. The number of fused-ring (bicyclic) bond motifs is 1. The predicted octanol–water partition coefficient (Wildman–Crippen LogP) is 3.90. The minimum Gasteiger partial charge on any atom is -0.351 e. The maximum absolute atomic E-state index is 12.6. The predicted molar refractivity (Wildman–Crippen MR) is 103 cm³/mol. The molecular formula is C21H20N4O. The van der Waals surface area contributed by atoms with E-state index in [4.69, 9.17) is 0 Å². The second kappa shape index (κ2) is 6.52. The molecule has 2 aromatic heterocycles. The molecule has 5 nitrogen and oxygen atoms in total.